The Morgan fingerprint density at radius 2 is 2.00 bits per heavy atom. The smallest absolute Gasteiger partial charge is 0.0453 e. The Balaban J connectivity index is 2.09. The van der Waals surface area contributed by atoms with Gasteiger partial charge >= 0.3 is 0 Å². The summed E-state index contributed by atoms with van der Waals surface area (Å²) in [6.07, 6.45) is 3.96. The summed E-state index contributed by atoms with van der Waals surface area (Å²) in [4.78, 5) is 2.56. The van der Waals surface area contributed by atoms with Crippen LogP contribution in [-0.4, -0.2) is 30.1 Å². The van der Waals surface area contributed by atoms with Crippen LogP contribution in [-0.2, 0) is 0 Å². The van der Waals surface area contributed by atoms with Crippen molar-refractivity contribution in [2.24, 2.45) is 0 Å². The third kappa shape index (κ3) is 3.97. The van der Waals surface area contributed by atoms with Gasteiger partial charge in [0.1, 0.15) is 0 Å². The predicted octanol–water partition coefficient (Wildman–Crippen LogP) is 4.25. The van der Waals surface area contributed by atoms with E-state index < -0.39 is 0 Å². The zero-order valence-corrected chi connectivity index (χ0v) is 13.7. The average Bonchev–Trinajstić information content (AvgIpc) is 2.45. The van der Waals surface area contributed by atoms with Crippen molar-refractivity contribution in [1.29, 1.82) is 0 Å². The average molecular weight is 295 g/mol. The minimum Gasteiger partial charge on any atom is -0.313 e. The lowest BCUT2D eigenvalue weighted by molar-refractivity contribution is 0.138. The van der Waals surface area contributed by atoms with Crippen LogP contribution in [0.15, 0.2) is 24.3 Å². The summed E-state index contributed by atoms with van der Waals surface area (Å²) in [7, 11) is 0. The molecule has 0 radical (unpaired) electrons. The highest BCUT2D eigenvalue weighted by Crippen LogP contribution is 2.29. The van der Waals surface area contributed by atoms with Crippen molar-refractivity contribution in [1.82, 2.24) is 10.2 Å². The molecule has 1 heterocycles. The predicted molar refractivity (Wildman–Crippen MR) is 87.4 cm³/mol. The molecule has 2 unspecified atom stereocenters. The lowest BCUT2D eigenvalue weighted by Gasteiger charge is -2.37. The van der Waals surface area contributed by atoms with Crippen LogP contribution in [0.5, 0.6) is 0 Å². The summed E-state index contributed by atoms with van der Waals surface area (Å²) in [5, 5.41) is 4.53. The van der Waals surface area contributed by atoms with Crippen LogP contribution in [0.4, 0.5) is 0 Å². The molecule has 1 saturated heterocycles. The summed E-state index contributed by atoms with van der Waals surface area (Å²) in [6.45, 7) is 9.08. The molecule has 0 aliphatic carbocycles. The van der Waals surface area contributed by atoms with E-state index in [1.54, 1.807) is 0 Å². The molecule has 0 bridgehead atoms. The van der Waals surface area contributed by atoms with E-state index >= 15 is 0 Å². The molecule has 2 nitrogen and oxygen atoms in total. The molecular weight excluding hydrogens is 268 g/mol. The summed E-state index contributed by atoms with van der Waals surface area (Å²) in [5.41, 5.74) is 1.23. The first-order valence-electron chi connectivity index (χ1n) is 7.83. The van der Waals surface area contributed by atoms with E-state index in [1.807, 2.05) is 12.1 Å². The van der Waals surface area contributed by atoms with E-state index in [0.717, 1.165) is 18.1 Å². The van der Waals surface area contributed by atoms with Gasteiger partial charge in [0.2, 0.25) is 0 Å². The van der Waals surface area contributed by atoms with Gasteiger partial charge in [-0.15, -0.1) is 0 Å². The number of nitrogens with one attached hydrogen (secondary N) is 1. The number of nitrogens with zero attached hydrogens (tertiary/aromatic N) is 1. The lowest BCUT2D eigenvalue weighted by Crippen LogP contribution is -2.46. The number of hydrogen-bond acceptors (Lipinski definition) is 2. The minimum absolute atomic E-state index is 0.354. The molecule has 20 heavy (non-hydrogen) atoms. The Kier molecular flexibility index (Phi) is 5.88. The molecule has 112 valence electrons. The Hall–Kier alpha value is -0.570. The molecule has 1 aromatic rings. The van der Waals surface area contributed by atoms with Crippen molar-refractivity contribution in [2.75, 3.05) is 13.1 Å². The second-order valence-corrected chi connectivity index (χ2v) is 6.54. The van der Waals surface area contributed by atoms with Gasteiger partial charge in [0.05, 0.1) is 0 Å². The summed E-state index contributed by atoms with van der Waals surface area (Å²) in [6, 6.07) is 9.71. The van der Waals surface area contributed by atoms with Crippen molar-refractivity contribution in [3.8, 4) is 0 Å². The molecule has 0 aromatic heterocycles. The molecule has 2 rings (SSSR count). The fraction of sp³-hybridized carbons (Fsp3) is 0.647. The van der Waals surface area contributed by atoms with Crippen molar-refractivity contribution < 1.29 is 0 Å². The first-order valence-corrected chi connectivity index (χ1v) is 8.21. The van der Waals surface area contributed by atoms with Gasteiger partial charge in [-0.2, -0.15) is 0 Å². The maximum atomic E-state index is 6.37. The van der Waals surface area contributed by atoms with Crippen LogP contribution in [0.25, 0.3) is 0 Å². The van der Waals surface area contributed by atoms with Crippen LogP contribution in [0.2, 0.25) is 5.02 Å². The van der Waals surface area contributed by atoms with Gasteiger partial charge in [0.15, 0.2) is 0 Å². The van der Waals surface area contributed by atoms with E-state index in [-0.39, 0.29) is 0 Å². The first kappa shape index (κ1) is 15.8. The van der Waals surface area contributed by atoms with Crippen LogP contribution in [0.3, 0.4) is 0 Å². The number of piperidine rings is 1. The summed E-state index contributed by atoms with van der Waals surface area (Å²) in [5.74, 6) is 0. The van der Waals surface area contributed by atoms with Gasteiger partial charge in [0.25, 0.3) is 0 Å². The Morgan fingerprint density at radius 3 is 2.60 bits per heavy atom. The number of halogens is 1. The molecule has 3 heteroatoms. The van der Waals surface area contributed by atoms with E-state index in [9.17, 15) is 0 Å². The quantitative estimate of drug-likeness (QED) is 0.873. The Morgan fingerprint density at radius 1 is 1.25 bits per heavy atom. The van der Waals surface area contributed by atoms with Crippen molar-refractivity contribution >= 4 is 11.6 Å². The highest BCUT2D eigenvalue weighted by atomic mass is 35.5. The van der Waals surface area contributed by atoms with Gasteiger partial charge in [-0.1, -0.05) is 36.2 Å². The normalized spacial score (nSPS) is 21.4. The second kappa shape index (κ2) is 7.44. The van der Waals surface area contributed by atoms with Crippen molar-refractivity contribution in [3.63, 3.8) is 0 Å². The zero-order chi connectivity index (χ0) is 14.5. The third-order valence-corrected chi connectivity index (χ3v) is 4.70. The largest absolute Gasteiger partial charge is 0.313 e. The molecule has 1 N–H and O–H groups in total. The highest BCUT2D eigenvalue weighted by Gasteiger charge is 2.24. The topological polar surface area (TPSA) is 15.3 Å². The monoisotopic (exact) mass is 294 g/mol. The van der Waals surface area contributed by atoms with E-state index in [4.69, 9.17) is 11.6 Å². The van der Waals surface area contributed by atoms with Crippen LogP contribution in [0, 0.1) is 0 Å². The molecule has 0 amide bonds. The lowest BCUT2D eigenvalue weighted by atomic mass is 10.0. The number of hydrogen-bond donors (Lipinski definition) is 1. The van der Waals surface area contributed by atoms with E-state index in [0.29, 0.717) is 18.1 Å². The maximum Gasteiger partial charge on any atom is 0.0453 e. The van der Waals surface area contributed by atoms with E-state index in [1.165, 1.54) is 24.8 Å². The van der Waals surface area contributed by atoms with Gasteiger partial charge < -0.3 is 5.32 Å². The van der Waals surface area contributed by atoms with Gasteiger partial charge in [-0.25, -0.2) is 0 Å². The molecule has 2 atom stereocenters. The Bertz CT molecular complexity index is 413. The fourth-order valence-corrected chi connectivity index (χ4v) is 3.44. The van der Waals surface area contributed by atoms with Crippen LogP contribution < -0.4 is 5.32 Å². The van der Waals surface area contributed by atoms with E-state index in [2.05, 4.69) is 43.1 Å². The molecule has 0 spiro atoms. The van der Waals surface area contributed by atoms with Gasteiger partial charge in [0, 0.05) is 29.7 Å². The van der Waals surface area contributed by atoms with Crippen molar-refractivity contribution in [2.45, 2.75) is 58.2 Å². The van der Waals surface area contributed by atoms with Crippen molar-refractivity contribution in [3.05, 3.63) is 34.9 Å². The second-order valence-electron chi connectivity index (χ2n) is 6.13. The molecule has 1 aliphatic heterocycles. The molecule has 0 saturated carbocycles. The molecular formula is C17H27ClN2. The minimum atomic E-state index is 0.354. The molecule has 1 aromatic carbocycles. The SMILES string of the molecule is CC(C)N(CC1CCCCN1)C(C)c1ccccc1Cl. The third-order valence-electron chi connectivity index (χ3n) is 4.36. The number of rotatable bonds is 5. The van der Waals surface area contributed by atoms with Gasteiger partial charge in [-0.05, 0) is 51.8 Å². The highest BCUT2D eigenvalue weighted by molar-refractivity contribution is 6.31. The van der Waals surface area contributed by atoms with Crippen LogP contribution >= 0.6 is 11.6 Å². The standard InChI is InChI=1S/C17H27ClN2/c1-13(2)20(12-15-8-6-7-11-19-15)14(3)16-9-4-5-10-17(16)18/h4-5,9-10,13-15,19H,6-8,11-12H2,1-3H3. The maximum absolute atomic E-state index is 6.37. The number of benzene rings is 1. The summed E-state index contributed by atoms with van der Waals surface area (Å²) >= 11 is 6.37. The summed E-state index contributed by atoms with van der Waals surface area (Å²) < 4.78 is 0. The Labute approximate surface area is 128 Å². The first-order chi connectivity index (χ1) is 9.59. The molecule has 1 fully saturated rings. The van der Waals surface area contributed by atoms with Crippen LogP contribution in [0.1, 0.15) is 51.6 Å². The molecule has 1 aliphatic rings. The zero-order valence-electron chi connectivity index (χ0n) is 12.9. The fourth-order valence-electron chi connectivity index (χ4n) is 3.14. The van der Waals surface area contributed by atoms with Gasteiger partial charge in [-0.3, -0.25) is 4.90 Å².